The van der Waals surface area contributed by atoms with Gasteiger partial charge < -0.3 is 15.1 Å². The topological polar surface area (TPSA) is 98.8 Å². The molecule has 0 aliphatic carbocycles. The Hall–Kier alpha value is -3.33. The summed E-state index contributed by atoms with van der Waals surface area (Å²) in [6.07, 6.45) is 4.36. The fraction of sp³-hybridized carbons (Fsp3) is 0.304. The molecule has 2 aromatic rings. The number of carbonyl (C=O) groups is 2. The van der Waals surface area contributed by atoms with Crippen LogP contribution in [0, 0.1) is 0 Å². The summed E-state index contributed by atoms with van der Waals surface area (Å²) in [6, 6.07) is 16.8. The summed E-state index contributed by atoms with van der Waals surface area (Å²) in [7, 11) is -3.32. The average Bonchev–Trinajstić information content (AvgIpc) is 2.78. The van der Waals surface area contributed by atoms with Crippen LogP contribution in [0.3, 0.4) is 0 Å². The highest BCUT2D eigenvalue weighted by atomic mass is 32.2. The number of rotatable bonds is 8. The molecule has 3 rings (SSSR count). The molecule has 32 heavy (non-hydrogen) atoms. The third kappa shape index (κ3) is 7.42. The van der Waals surface area contributed by atoms with Crippen LogP contribution >= 0.6 is 0 Å². The molecule has 0 saturated carbocycles. The summed E-state index contributed by atoms with van der Waals surface area (Å²) in [4.78, 5) is 28.5. The van der Waals surface area contributed by atoms with Crippen LogP contribution in [0.5, 0.6) is 0 Å². The second-order valence-corrected chi connectivity index (χ2v) is 9.32. The first-order valence-corrected chi connectivity index (χ1v) is 12.3. The Bertz CT molecular complexity index is 1050. The number of hydrogen-bond acceptors (Lipinski definition) is 5. The van der Waals surface area contributed by atoms with Gasteiger partial charge in [0.25, 0.3) is 0 Å². The number of nitrogens with one attached hydrogen (secondary N) is 2. The van der Waals surface area contributed by atoms with E-state index in [1.807, 2.05) is 23.1 Å². The Morgan fingerprint density at radius 2 is 1.62 bits per heavy atom. The molecule has 1 fully saturated rings. The highest BCUT2D eigenvalue weighted by molar-refractivity contribution is 7.92. The van der Waals surface area contributed by atoms with E-state index in [9.17, 15) is 18.0 Å². The van der Waals surface area contributed by atoms with Gasteiger partial charge in [0.15, 0.2) is 0 Å². The van der Waals surface area contributed by atoms with Crippen molar-refractivity contribution in [1.82, 2.24) is 10.2 Å². The van der Waals surface area contributed by atoms with Gasteiger partial charge in [0.2, 0.25) is 21.8 Å². The quantitative estimate of drug-likeness (QED) is 0.592. The first-order chi connectivity index (χ1) is 15.3. The van der Waals surface area contributed by atoms with Crippen molar-refractivity contribution in [1.29, 1.82) is 0 Å². The summed E-state index contributed by atoms with van der Waals surface area (Å²) in [5.74, 6) is -0.249. The summed E-state index contributed by atoms with van der Waals surface area (Å²) < 4.78 is 24.8. The molecular weight excluding hydrogens is 428 g/mol. The van der Waals surface area contributed by atoms with Crippen LogP contribution in [0.4, 0.5) is 11.4 Å². The van der Waals surface area contributed by atoms with Gasteiger partial charge in [0.1, 0.15) is 0 Å². The maximum Gasteiger partial charge on any atom is 0.244 e. The van der Waals surface area contributed by atoms with E-state index in [-0.39, 0.29) is 24.8 Å². The molecule has 1 aliphatic rings. The molecule has 0 unspecified atom stereocenters. The van der Waals surface area contributed by atoms with Crippen molar-refractivity contribution in [2.24, 2.45) is 0 Å². The highest BCUT2D eigenvalue weighted by Gasteiger charge is 2.20. The maximum absolute atomic E-state index is 12.4. The van der Waals surface area contributed by atoms with Gasteiger partial charge in [-0.15, -0.1) is 0 Å². The predicted molar refractivity (Wildman–Crippen MR) is 127 cm³/mol. The molecule has 0 spiro atoms. The van der Waals surface area contributed by atoms with Gasteiger partial charge in [-0.05, 0) is 35.9 Å². The number of sulfonamides is 1. The van der Waals surface area contributed by atoms with Crippen molar-refractivity contribution in [3.05, 3.63) is 66.2 Å². The fourth-order valence-electron chi connectivity index (χ4n) is 3.41. The van der Waals surface area contributed by atoms with Gasteiger partial charge in [-0.3, -0.25) is 14.3 Å². The maximum atomic E-state index is 12.4. The number of amides is 2. The summed E-state index contributed by atoms with van der Waals surface area (Å²) in [5, 5.41) is 2.72. The monoisotopic (exact) mass is 456 g/mol. The van der Waals surface area contributed by atoms with E-state index in [1.54, 1.807) is 30.3 Å². The molecule has 2 amide bonds. The lowest BCUT2D eigenvalue weighted by Gasteiger charge is -2.36. The molecule has 170 valence electrons. The van der Waals surface area contributed by atoms with Crippen LogP contribution in [0.2, 0.25) is 0 Å². The van der Waals surface area contributed by atoms with Crippen molar-refractivity contribution in [3.63, 3.8) is 0 Å². The molecule has 0 bridgehead atoms. The Kier molecular flexibility index (Phi) is 7.88. The van der Waals surface area contributed by atoms with Crippen molar-refractivity contribution in [2.75, 3.05) is 48.6 Å². The molecule has 0 radical (unpaired) electrons. The van der Waals surface area contributed by atoms with E-state index < -0.39 is 10.0 Å². The number of carbonyl (C=O) groups excluding carboxylic acids is 2. The van der Waals surface area contributed by atoms with Crippen LogP contribution in [0.15, 0.2) is 60.7 Å². The Morgan fingerprint density at radius 1 is 0.969 bits per heavy atom. The third-order valence-electron chi connectivity index (χ3n) is 5.03. The fourth-order valence-corrected chi connectivity index (χ4v) is 3.98. The Balaban J connectivity index is 1.37. The molecular formula is C23H28N4O4S. The minimum absolute atomic E-state index is 0.0379. The first-order valence-electron chi connectivity index (χ1n) is 10.4. The van der Waals surface area contributed by atoms with Crippen molar-refractivity contribution < 1.29 is 18.0 Å². The second-order valence-electron chi connectivity index (χ2n) is 7.57. The van der Waals surface area contributed by atoms with Crippen LogP contribution in [-0.4, -0.2) is 64.1 Å². The van der Waals surface area contributed by atoms with Crippen molar-refractivity contribution >= 4 is 39.3 Å². The van der Waals surface area contributed by atoms with Crippen molar-refractivity contribution in [3.8, 4) is 0 Å². The lowest BCUT2D eigenvalue weighted by atomic mass is 10.2. The van der Waals surface area contributed by atoms with Crippen LogP contribution in [0.25, 0.3) is 6.08 Å². The SMILES string of the molecule is CS(=O)(=O)Nc1ccc(/C=C/C(=O)NCCC(=O)N2CCN(c3ccccc3)CC2)cc1. The molecule has 8 nitrogen and oxygen atoms in total. The predicted octanol–water partition coefficient (Wildman–Crippen LogP) is 1.93. The average molecular weight is 457 g/mol. The summed E-state index contributed by atoms with van der Waals surface area (Å²) in [5.41, 5.74) is 2.38. The van der Waals surface area contributed by atoms with Crippen LogP contribution < -0.4 is 14.9 Å². The Morgan fingerprint density at radius 3 is 2.25 bits per heavy atom. The smallest absolute Gasteiger partial charge is 0.244 e. The Labute approximate surface area is 189 Å². The van der Waals surface area contributed by atoms with Gasteiger partial charge in [0.05, 0.1) is 6.26 Å². The molecule has 2 aromatic carbocycles. The van der Waals surface area contributed by atoms with Gasteiger partial charge in [0, 0.05) is 56.6 Å². The number of nitrogens with zero attached hydrogens (tertiary/aromatic N) is 2. The van der Waals surface area contributed by atoms with E-state index in [4.69, 9.17) is 0 Å². The van der Waals surface area contributed by atoms with E-state index in [0.717, 1.165) is 24.9 Å². The van der Waals surface area contributed by atoms with E-state index in [0.29, 0.717) is 18.8 Å². The lowest BCUT2D eigenvalue weighted by Crippen LogP contribution is -2.49. The molecule has 1 aliphatic heterocycles. The highest BCUT2D eigenvalue weighted by Crippen LogP contribution is 2.16. The first kappa shape index (κ1) is 23.3. The minimum Gasteiger partial charge on any atom is -0.368 e. The number of para-hydroxylation sites is 1. The molecule has 0 aromatic heterocycles. The molecule has 9 heteroatoms. The zero-order valence-corrected chi connectivity index (χ0v) is 18.8. The largest absolute Gasteiger partial charge is 0.368 e. The van der Waals surface area contributed by atoms with Crippen molar-refractivity contribution in [2.45, 2.75) is 6.42 Å². The molecule has 0 atom stereocenters. The summed E-state index contributed by atoms with van der Waals surface area (Å²) in [6.45, 7) is 3.21. The third-order valence-corrected chi connectivity index (χ3v) is 5.64. The molecule has 1 saturated heterocycles. The number of benzene rings is 2. The van der Waals surface area contributed by atoms with E-state index in [1.165, 1.54) is 11.8 Å². The van der Waals surface area contributed by atoms with Crippen LogP contribution in [0.1, 0.15) is 12.0 Å². The van der Waals surface area contributed by atoms with Gasteiger partial charge in [-0.2, -0.15) is 0 Å². The number of anilines is 2. The van der Waals surface area contributed by atoms with E-state index in [2.05, 4.69) is 27.1 Å². The zero-order valence-electron chi connectivity index (χ0n) is 18.0. The van der Waals surface area contributed by atoms with Gasteiger partial charge in [-0.25, -0.2) is 8.42 Å². The standard InChI is InChI=1S/C23H28N4O4S/c1-32(30,31)25-20-10-7-19(8-11-20)9-12-22(28)24-14-13-23(29)27-17-15-26(16-18-27)21-5-3-2-4-6-21/h2-12,25H,13-18H2,1H3,(H,24,28)/b12-9+. The molecule has 1 heterocycles. The number of piperazine rings is 1. The zero-order chi connectivity index (χ0) is 23.0. The lowest BCUT2D eigenvalue weighted by molar-refractivity contribution is -0.131. The van der Waals surface area contributed by atoms with Gasteiger partial charge >= 0.3 is 0 Å². The number of hydrogen-bond donors (Lipinski definition) is 2. The normalized spacial score (nSPS) is 14.4. The molecule has 2 N–H and O–H groups in total. The van der Waals surface area contributed by atoms with Crippen LogP contribution in [-0.2, 0) is 19.6 Å². The second kappa shape index (κ2) is 10.8. The van der Waals surface area contributed by atoms with E-state index >= 15 is 0 Å². The minimum atomic E-state index is -3.32. The summed E-state index contributed by atoms with van der Waals surface area (Å²) >= 11 is 0. The van der Waals surface area contributed by atoms with Gasteiger partial charge in [-0.1, -0.05) is 30.3 Å².